The maximum absolute atomic E-state index is 12.4. The molecule has 3 rings (SSSR count). The lowest BCUT2D eigenvalue weighted by molar-refractivity contribution is -0.134. The van der Waals surface area contributed by atoms with Gasteiger partial charge < -0.3 is 10.6 Å². The lowest BCUT2D eigenvalue weighted by atomic mass is 9.99. The minimum Gasteiger partial charge on any atom is -0.353 e. The third-order valence-corrected chi connectivity index (χ3v) is 5.19. The Balaban J connectivity index is 1.58. The fourth-order valence-corrected chi connectivity index (χ4v) is 3.74. The van der Waals surface area contributed by atoms with Crippen LogP contribution in [0.5, 0.6) is 0 Å². The van der Waals surface area contributed by atoms with Crippen LogP contribution in [-0.2, 0) is 16.1 Å². The van der Waals surface area contributed by atoms with Crippen molar-refractivity contribution in [3.8, 4) is 0 Å². The Kier molecular flexibility index (Phi) is 6.45. The van der Waals surface area contributed by atoms with Crippen molar-refractivity contribution >= 4 is 11.8 Å². The first-order chi connectivity index (χ1) is 12.6. The number of allylic oxidation sites excluding steroid dienone is 1. The van der Waals surface area contributed by atoms with Gasteiger partial charge in [-0.25, -0.2) is 0 Å². The molecule has 1 fully saturated rings. The maximum atomic E-state index is 12.4. The number of carbonyl (C=O) groups is 2. The minimum absolute atomic E-state index is 0.0454. The molecular weight excluding hydrogens is 326 g/mol. The lowest BCUT2D eigenvalue weighted by Crippen LogP contribution is -2.56. The summed E-state index contributed by atoms with van der Waals surface area (Å²) < 4.78 is 0. The molecule has 0 saturated carbocycles. The van der Waals surface area contributed by atoms with Crippen LogP contribution in [0.2, 0.25) is 0 Å². The van der Waals surface area contributed by atoms with E-state index in [2.05, 4.69) is 46.7 Å². The maximum Gasteiger partial charge on any atom is 0.237 e. The number of rotatable bonds is 6. The van der Waals surface area contributed by atoms with Gasteiger partial charge in [-0.2, -0.15) is 0 Å². The number of benzene rings is 1. The monoisotopic (exact) mass is 355 g/mol. The average Bonchev–Trinajstić information content (AvgIpc) is 2.64. The van der Waals surface area contributed by atoms with E-state index in [4.69, 9.17) is 0 Å². The number of hydrogen-bond donors (Lipinski definition) is 2. The van der Waals surface area contributed by atoms with Gasteiger partial charge in [0.05, 0.1) is 12.5 Å². The van der Waals surface area contributed by atoms with Crippen LogP contribution in [0.3, 0.4) is 0 Å². The van der Waals surface area contributed by atoms with Crippen molar-refractivity contribution in [1.82, 2.24) is 15.5 Å². The molecule has 2 N–H and O–H groups in total. The Morgan fingerprint density at radius 3 is 3.00 bits per heavy atom. The number of hydrogen-bond acceptors (Lipinski definition) is 3. The average molecular weight is 355 g/mol. The topological polar surface area (TPSA) is 61.4 Å². The van der Waals surface area contributed by atoms with Gasteiger partial charge in [-0.1, -0.05) is 41.5 Å². The van der Waals surface area contributed by atoms with Crippen LogP contribution in [0.15, 0.2) is 35.9 Å². The third kappa shape index (κ3) is 5.18. The summed E-state index contributed by atoms with van der Waals surface area (Å²) >= 11 is 0. The Hall–Kier alpha value is -2.14. The molecule has 0 spiro atoms. The van der Waals surface area contributed by atoms with Gasteiger partial charge in [-0.3, -0.25) is 14.5 Å². The summed E-state index contributed by atoms with van der Waals surface area (Å²) in [6.45, 7) is 4.78. The van der Waals surface area contributed by atoms with E-state index in [1.54, 1.807) is 0 Å². The van der Waals surface area contributed by atoms with Crippen LogP contribution in [-0.4, -0.2) is 42.4 Å². The normalized spacial score (nSPS) is 21.0. The van der Waals surface area contributed by atoms with Crippen LogP contribution in [0.1, 0.15) is 43.2 Å². The van der Waals surface area contributed by atoms with Crippen molar-refractivity contribution in [2.75, 3.05) is 19.6 Å². The summed E-state index contributed by atoms with van der Waals surface area (Å²) in [5.74, 6) is -0.0938. The number of nitrogens with zero attached hydrogens (tertiary/aromatic N) is 1. The molecule has 1 atom stereocenters. The summed E-state index contributed by atoms with van der Waals surface area (Å²) in [5.41, 5.74) is 3.70. The smallest absolute Gasteiger partial charge is 0.237 e. The lowest BCUT2D eigenvalue weighted by Gasteiger charge is -2.34. The van der Waals surface area contributed by atoms with E-state index < -0.39 is 6.04 Å². The quantitative estimate of drug-likeness (QED) is 0.770. The summed E-state index contributed by atoms with van der Waals surface area (Å²) in [6.07, 6.45) is 7.08. The van der Waals surface area contributed by atoms with Gasteiger partial charge in [0.15, 0.2) is 0 Å². The van der Waals surface area contributed by atoms with E-state index in [0.717, 1.165) is 19.4 Å². The number of carbonyl (C=O) groups excluding carboxylic acids is 2. The second-order valence-corrected chi connectivity index (χ2v) is 7.36. The van der Waals surface area contributed by atoms with E-state index in [0.29, 0.717) is 19.6 Å². The molecule has 1 heterocycles. The summed E-state index contributed by atoms with van der Waals surface area (Å²) in [7, 11) is 0. The van der Waals surface area contributed by atoms with E-state index in [-0.39, 0.29) is 18.2 Å². The van der Waals surface area contributed by atoms with Crippen molar-refractivity contribution in [2.45, 2.75) is 51.6 Å². The summed E-state index contributed by atoms with van der Waals surface area (Å²) in [6, 6.07) is 7.92. The molecule has 0 bridgehead atoms. The van der Waals surface area contributed by atoms with Gasteiger partial charge in [0.2, 0.25) is 11.8 Å². The highest BCUT2D eigenvalue weighted by Gasteiger charge is 2.31. The predicted molar refractivity (Wildman–Crippen MR) is 103 cm³/mol. The first-order valence-electron chi connectivity index (χ1n) is 9.64. The van der Waals surface area contributed by atoms with Crippen LogP contribution in [0.4, 0.5) is 0 Å². The zero-order valence-electron chi connectivity index (χ0n) is 15.6. The molecule has 1 aromatic carbocycles. The molecule has 0 unspecified atom stereocenters. The molecule has 1 aromatic rings. The molecule has 5 nitrogen and oxygen atoms in total. The molecule has 0 radical (unpaired) electrons. The Bertz CT molecular complexity index is 684. The molecule has 2 amide bonds. The van der Waals surface area contributed by atoms with E-state index in [1.165, 1.54) is 29.5 Å². The van der Waals surface area contributed by atoms with Crippen molar-refractivity contribution < 1.29 is 9.59 Å². The van der Waals surface area contributed by atoms with Gasteiger partial charge >= 0.3 is 0 Å². The standard InChI is InChI=1S/C21H29N3O2/c1-16-6-5-9-18(12-16)15-24-11-10-22-21(26)19(24)13-20(25)23-14-17-7-3-2-4-8-17/h5-7,9,12,19H,2-4,8,10-11,13-15H2,1H3,(H,22,26)(H,23,25)/t19-/m1/s1. The Labute approximate surface area is 155 Å². The first kappa shape index (κ1) is 18.6. The molecule has 26 heavy (non-hydrogen) atoms. The first-order valence-corrected chi connectivity index (χ1v) is 9.64. The van der Waals surface area contributed by atoms with Gasteiger partial charge in [0.25, 0.3) is 0 Å². The molecule has 1 aliphatic heterocycles. The molecular formula is C21H29N3O2. The highest BCUT2D eigenvalue weighted by Crippen LogP contribution is 2.17. The van der Waals surface area contributed by atoms with Crippen LogP contribution >= 0.6 is 0 Å². The molecule has 1 saturated heterocycles. The summed E-state index contributed by atoms with van der Waals surface area (Å²) in [4.78, 5) is 26.9. The number of nitrogens with one attached hydrogen (secondary N) is 2. The number of aryl methyl sites for hydroxylation is 1. The van der Waals surface area contributed by atoms with Crippen molar-refractivity contribution in [3.05, 3.63) is 47.0 Å². The van der Waals surface area contributed by atoms with Gasteiger partial charge in [-0.05, 0) is 38.2 Å². The zero-order valence-corrected chi connectivity index (χ0v) is 15.6. The van der Waals surface area contributed by atoms with Crippen LogP contribution in [0, 0.1) is 6.92 Å². The molecule has 140 valence electrons. The van der Waals surface area contributed by atoms with Crippen LogP contribution in [0.25, 0.3) is 0 Å². The molecule has 0 aromatic heterocycles. The van der Waals surface area contributed by atoms with E-state index in [9.17, 15) is 9.59 Å². The highest BCUT2D eigenvalue weighted by molar-refractivity contribution is 5.88. The minimum atomic E-state index is -0.399. The Morgan fingerprint density at radius 1 is 1.35 bits per heavy atom. The van der Waals surface area contributed by atoms with Gasteiger partial charge in [-0.15, -0.1) is 0 Å². The molecule has 5 heteroatoms. The SMILES string of the molecule is Cc1cccc(CN2CCNC(=O)[C@H]2CC(=O)NCC2=CCCCC2)c1. The van der Waals surface area contributed by atoms with Gasteiger partial charge in [0, 0.05) is 26.2 Å². The summed E-state index contributed by atoms with van der Waals surface area (Å²) in [5, 5.41) is 5.90. The molecule has 2 aliphatic rings. The van der Waals surface area contributed by atoms with E-state index in [1.807, 2.05) is 6.07 Å². The second kappa shape index (κ2) is 8.99. The number of amides is 2. The van der Waals surface area contributed by atoms with Crippen molar-refractivity contribution in [3.63, 3.8) is 0 Å². The fourth-order valence-electron chi connectivity index (χ4n) is 3.74. The highest BCUT2D eigenvalue weighted by atomic mass is 16.2. The van der Waals surface area contributed by atoms with E-state index >= 15 is 0 Å². The fraction of sp³-hybridized carbons (Fsp3) is 0.524. The number of piperazine rings is 1. The van der Waals surface area contributed by atoms with Crippen molar-refractivity contribution in [2.24, 2.45) is 0 Å². The third-order valence-electron chi connectivity index (χ3n) is 5.19. The Morgan fingerprint density at radius 2 is 2.23 bits per heavy atom. The molecule has 1 aliphatic carbocycles. The van der Waals surface area contributed by atoms with Gasteiger partial charge in [0.1, 0.15) is 0 Å². The van der Waals surface area contributed by atoms with Crippen molar-refractivity contribution in [1.29, 1.82) is 0 Å². The van der Waals surface area contributed by atoms with Crippen LogP contribution < -0.4 is 10.6 Å². The zero-order chi connectivity index (χ0) is 18.4. The largest absolute Gasteiger partial charge is 0.353 e. The second-order valence-electron chi connectivity index (χ2n) is 7.36. The predicted octanol–water partition coefficient (Wildman–Crippen LogP) is 2.30.